The lowest BCUT2D eigenvalue weighted by Gasteiger charge is -2.30. The Bertz CT molecular complexity index is 1750. The first kappa shape index (κ1) is 36.1. The molecule has 4 heterocycles. The minimum atomic E-state index is -3.85. The number of nitrogens with one attached hydrogen (secondary N) is 3. The number of carbonyl (C=O) groups excluding carboxylic acids is 3. The molecule has 1 aromatic heterocycles. The third-order valence-corrected chi connectivity index (χ3v) is 12.7. The molecule has 50 heavy (non-hydrogen) atoms. The van der Waals surface area contributed by atoms with Crippen LogP contribution in [-0.2, 0) is 24.4 Å². The number of allylic oxidation sites excluding steroid dienone is 3. The van der Waals surface area contributed by atoms with Gasteiger partial charge in [-0.3, -0.25) is 19.1 Å². The average molecular weight is 726 g/mol. The molecule has 0 radical (unpaired) electrons. The minimum Gasteiger partial charge on any atom is -0.445 e. The van der Waals surface area contributed by atoms with E-state index in [1.807, 2.05) is 18.2 Å². The maximum Gasteiger partial charge on any atom is 0.394 e. The summed E-state index contributed by atoms with van der Waals surface area (Å²) >= 11 is 1.50. The van der Waals surface area contributed by atoms with Crippen LogP contribution in [0.4, 0.5) is 0 Å². The Balaban J connectivity index is 1.28. The second-order valence-electron chi connectivity index (χ2n) is 14.8. The molecule has 12 nitrogen and oxygen atoms in total. The summed E-state index contributed by atoms with van der Waals surface area (Å²) in [7, 11) is -3.85. The highest BCUT2D eigenvalue weighted by molar-refractivity contribution is 8.05. The van der Waals surface area contributed by atoms with Gasteiger partial charge in [0.2, 0.25) is 21.8 Å². The van der Waals surface area contributed by atoms with Crippen molar-refractivity contribution in [1.29, 1.82) is 0 Å². The van der Waals surface area contributed by atoms with Gasteiger partial charge in [-0.25, -0.2) is 8.42 Å². The van der Waals surface area contributed by atoms with Crippen LogP contribution < -0.4 is 20.1 Å². The van der Waals surface area contributed by atoms with Gasteiger partial charge in [-0.2, -0.15) is 4.98 Å². The summed E-state index contributed by atoms with van der Waals surface area (Å²) in [6.45, 7) is 10.3. The van der Waals surface area contributed by atoms with E-state index < -0.39 is 50.8 Å². The van der Waals surface area contributed by atoms with E-state index in [9.17, 15) is 22.8 Å². The molecule has 0 aromatic carbocycles. The molecule has 1 aromatic rings. The molecule has 0 bridgehead atoms. The molecule has 5 atom stereocenters. The zero-order valence-electron chi connectivity index (χ0n) is 28.9. The van der Waals surface area contributed by atoms with Crippen LogP contribution in [0.2, 0.25) is 0 Å². The number of nitrogens with zero attached hydrogens (tertiary/aromatic N) is 2. The van der Waals surface area contributed by atoms with Gasteiger partial charge in [0.25, 0.3) is 5.91 Å². The van der Waals surface area contributed by atoms with E-state index in [-0.39, 0.29) is 42.7 Å². The molecule has 3 amide bonds. The van der Waals surface area contributed by atoms with Crippen LogP contribution in [0.25, 0.3) is 6.08 Å². The van der Waals surface area contributed by atoms with E-state index in [2.05, 4.69) is 58.8 Å². The Hall–Kier alpha value is -3.74. The number of oxazole rings is 1. The van der Waals surface area contributed by atoms with E-state index in [1.54, 1.807) is 0 Å². The molecule has 6 rings (SSSR count). The lowest BCUT2D eigenvalue weighted by molar-refractivity contribution is -0.141. The van der Waals surface area contributed by atoms with Crippen LogP contribution in [0.5, 0.6) is 6.08 Å². The smallest absolute Gasteiger partial charge is 0.394 e. The number of amides is 3. The van der Waals surface area contributed by atoms with Crippen molar-refractivity contribution in [3.05, 3.63) is 58.5 Å². The number of hydrogen-bond donors (Lipinski definition) is 3. The van der Waals surface area contributed by atoms with Gasteiger partial charge in [-0.1, -0.05) is 75.4 Å². The molecule has 3 N–H and O–H groups in total. The molecule has 0 spiro atoms. The number of sulfonamides is 1. The number of rotatable bonds is 8. The highest BCUT2D eigenvalue weighted by atomic mass is 32.2. The van der Waals surface area contributed by atoms with Crippen molar-refractivity contribution in [2.24, 2.45) is 11.3 Å². The van der Waals surface area contributed by atoms with Gasteiger partial charge in [0, 0.05) is 12.3 Å². The summed E-state index contributed by atoms with van der Waals surface area (Å²) in [5.41, 5.74) is 3.63. The molecule has 0 unspecified atom stereocenters. The third-order valence-electron chi connectivity index (χ3n) is 9.96. The number of aromatic nitrogens is 1. The van der Waals surface area contributed by atoms with E-state index in [0.717, 1.165) is 37.1 Å². The maximum absolute atomic E-state index is 14.5. The second kappa shape index (κ2) is 14.5. The Labute approximate surface area is 298 Å². The molecule has 270 valence electrons. The molecule has 5 aliphatic rings. The summed E-state index contributed by atoms with van der Waals surface area (Å²) in [4.78, 5) is 48.2. The van der Waals surface area contributed by atoms with Crippen LogP contribution in [0.15, 0.2) is 57.2 Å². The van der Waals surface area contributed by atoms with Crippen molar-refractivity contribution in [3.63, 3.8) is 0 Å². The highest BCUT2D eigenvalue weighted by Crippen LogP contribution is 2.46. The zero-order valence-corrected chi connectivity index (χ0v) is 30.5. The van der Waals surface area contributed by atoms with Crippen LogP contribution in [0.3, 0.4) is 0 Å². The fraction of sp³-hybridized carbons (Fsp3) is 0.583. The van der Waals surface area contributed by atoms with Gasteiger partial charge in [-0.15, -0.1) is 0 Å². The van der Waals surface area contributed by atoms with Crippen molar-refractivity contribution in [3.8, 4) is 6.08 Å². The Morgan fingerprint density at radius 2 is 2.04 bits per heavy atom. The lowest BCUT2D eigenvalue weighted by Crippen LogP contribution is -2.58. The van der Waals surface area contributed by atoms with Gasteiger partial charge in [-0.05, 0) is 67.9 Å². The van der Waals surface area contributed by atoms with Crippen molar-refractivity contribution < 1.29 is 32.0 Å². The van der Waals surface area contributed by atoms with Gasteiger partial charge in [0.15, 0.2) is 0 Å². The van der Waals surface area contributed by atoms with Crippen LogP contribution in [0, 0.1) is 11.3 Å². The normalized spacial score (nSPS) is 29.9. The monoisotopic (exact) mass is 725 g/mol. The Morgan fingerprint density at radius 1 is 1.24 bits per heavy atom. The van der Waals surface area contributed by atoms with Gasteiger partial charge in [0.05, 0.1) is 11.8 Å². The van der Waals surface area contributed by atoms with Crippen molar-refractivity contribution >= 4 is 45.6 Å². The number of thioether (sulfide) groups is 1. The molecule has 14 heteroatoms. The predicted molar refractivity (Wildman–Crippen MR) is 191 cm³/mol. The maximum atomic E-state index is 14.5. The topological polar surface area (TPSA) is 160 Å². The summed E-state index contributed by atoms with van der Waals surface area (Å²) in [5.74, 6) is -1.94. The van der Waals surface area contributed by atoms with Gasteiger partial charge < -0.3 is 24.7 Å². The molecular formula is C36H47N5O7S2. The zero-order chi connectivity index (χ0) is 35.7. The SMILES string of the molecule is C=Cc1coc(O[C@@H]2C[C@H]3C(=O)N[C@]4(C(=O)NS(=O)(=O)C5CC5)C[C@H]4/C=C\CCCCC[C@H](NC4=C=CCC(C(C)(C)C)=CS4)C(=O)N3C2)n1. The first-order valence-electron chi connectivity index (χ1n) is 17.5. The number of ether oxygens (including phenoxy) is 1. The molecule has 3 aliphatic heterocycles. The average Bonchev–Trinajstić information content (AvgIpc) is 3.96. The second-order valence-corrected chi connectivity index (χ2v) is 17.7. The Morgan fingerprint density at radius 3 is 2.76 bits per heavy atom. The quantitative estimate of drug-likeness (QED) is 0.254. The number of fused-ring (bicyclic) bond motifs is 2. The van der Waals surface area contributed by atoms with Crippen molar-refractivity contribution in [2.45, 2.75) is 114 Å². The fourth-order valence-electron chi connectivity index (χ4n) is 6.59. The van der Waals surface area contributed by atoms with Crippen molar-refractivity contribution in [1.82, 2.24) is 25.2 Å². The summed E-state index contributed by atoms with van der Waals surface area (Å²) in [6, 6.07) is -1.65. The van der Waals surface area contributed by atoms with Gasteiger partial charge >= 0.3 is 6.08 Å². The number of hydrogen-bond acceptors (Lipinski definition) is 10. The molecule has 2 saturated carbocycles. The first-order chi connectivity index (χ1) is 23.8. The first-order valence-corrected chi connectivity index (χ1v) is 19.9. The third kappa shape index (κ3) is 8.24. The van der Waals surface area contributed by atoms with E-state index >= 15 is 0 Å². The predicted octanol–water partition coefficient (Wildman–Crippen LogP) is 4.69. The fourth-order valence-corrected chi connectivity index (χ4v) is 9.02. The van der Waals surface area contributed by atoms with E-state index in [1.165, 1.54) is 34.6 Å². The lowest BCUT2D eigenvalue weighted by atomic mass is 9.86. The van der Waals surface area contributed by atoms with Crippen molar-refractivity contribution in [2.75, 3.05) is 6.54 Å². The number of carbonyl (C=O) groups is 3. The highest BCUT2D eigenvalue weighted by Gasteiger charge is 2.62. The summed E-state index contributed by atoms with van der Waals surface area (Å²) in [6.07, 6.45) is 14.1. The van der Waals surface area contributed by atoms with E-state index in [4.69, 9.17) is 9.15 Å². The summed E-state index contributed by atoms with van der Waals surface area (Å²) in [5, 5.41) is 8.60. The molecule has 3 fully saturated rings. The largest absolute Gasteiger partial charge is 0.445 e. The van der Waals surface area contributed by atoms with Crippen LogP contribution >= 0.6 is 11.8 Å². The standard InChI is InChI=1S/C36H47N5O7S2/c1-5-25-21-47-34(37-25)48-26-18-29-31(42)39-36(33(44)40-50(45,46)27-16-17-27)19-23(36)12-9-7-6-8-10-14-28(32(43)41(29)20-26)38-30-15-11-13-24(22-49-30)35(2,3)4/h5,9,11-12,21-23,26-29,38H,1,6-8,10,13-14,16-20H2,2-4H3,(H,39,42)(H,40,44)/b12-9-/t23-,26-,28+,29+,36-/m1/s1. The van der Waals surface area contributed by atoms with E-state index in [0.29, 0.717) is 25.0 Å². The summed E-state index contributed by atoms with van der Waals surface area (Å²) < 4.78 is 39.2. The minimum absolute atomic E-state index is 0.00436. The molecule has 1 saturated heterocycles. The van der Waals surface area contributed by atoms with Gasteiger partial charge in [0.1, 0.15) is 40.7 Å². The Kier molecular flexibility index (Phi) is 10.4. The van der Waals surface area contributed by atoms with Crippen LogP contribution in [0.1, 0.15) is 90.7 Å². The molecule has 2 aliphatic carbocycles. The molecular weight excluding hydrogens is 679 g/mol. The van der Waals surface area contributed by atoms with Crippen LogP contribution in [-0.4, -0.2) is 71.5 Å².